The van der Waals surface area contributed by atoms with Crippen LogP contribution in [-0.2, 0) is 6.42 Å². The van der Waals surface area contributed by atoms with E-state index < -0.39 is 0 Å². The number of halogens is 1. The molecule has 0 saturated carbocycles. The van der Waals surface area contributed by atoms with Gasteiger partial charge in [-0.05, 0) is 48.6 Å². The third kappa shape index (κ3) is 4.66. The van der Waals surface area contributed by atoms with E-state index in [9.17, 15) is 4.39 Å². The van der Waals surface area contributed by atoms with Crippen molar-refractivity contribution in [1.82, 2.24) is 15.6 Å². The zero-order valence-corrected chi connectivity index (χ0v) is 13.9. The summed E-state index contributed by atoms with van der Waals surface area (Å²) < 4.78 is 13.2. The van der Waals surface area contributed by atoms with Gasteiger partial charge in [0.2, 0.25) is 0 Å². The minimum Gasteiger partial charge on any atom is -0.361 e. The highest BCUT2D eigenvalue weighted by Gasteiger charge is 2.05. The fourth-order valence-electron chi connectivity index (χ4n) is 2.32. The SMILES string of the molecule is CN=C(NCCCSC)NCCc1c[nH]c2cc(F)ccc12. The summed E-state index contributed by atoms with van der Waals surface area (Å²) in [5, 5.41) is 7.68. The summed E-state index contributed by atoms with van der Waals surface area (Å²) in [4.78, 5) is 7.32. The molecule has 0 aliphatic carbocycles. The Morgan fingerprint density at radius 2 is 2.14 bits per heavy atom. The Bertz CT molecular complexity index is 624. The zero-order chi connectivity index (χ0) is 15.8. The highest BCUT2D eigenvalue weighted by Crippen LogP contribution is 2.19. The topological polar surface area (TPSA) is 52.2 Å². The van der Waals surface area contributed by atoms with Crippen LogP contribution in [0.3, 0.4) is 0 Å². The fraction of sp³-hybridized carbons (Fsp3) is 0.438. The second-order valence-electron chi connectivity index (χ2n) is 5.03. The van der Waals surface area contributed by atoms with Crippen molar-refractivity contribution in [2.24, 2.45) is 4.99 Å². The molecule has 0 fully saturated rings. The Kier molecular flexibility index (Phi) is 6.58. The first-order chi connectivity index (χ1) is 10.7. The molecule has 22 heavy (non-hydrogen) atoms. The number of thioether (sulfide) groups is 1. The van der Waals surface area contributed by atoms with Crippen molar-refractivity contribution < 1.29 is 4.39 Å². The largest absolute Gasteiger partial charge is 0.361 e. The van der Waals surface area contributed by atoms with Gasteiger partial charge in [-0.15, -0.1) is 0 Å². The highest BCUT2D eigenvalue weighted by molar-refractivity contribution is 7.98. The fourth-order valence-corrected chi connectivity index (χ4v) is 2.76. The van der Waals surface area contributed by atoms with E-state index in [1.165, 1.54) is 17.7 Å². The van der Waals surface area contributed by atoms with Gasteiger partial charge in [-0.25, -0.2) is 4.39 Å². The number of hydrogen-bond acceptors (Lipinski definition) is 2. The van der Waals surface area contributed by atoms with Crippen LogP contribution in [0, 0.1) is 5.82 Å². The normalized spacial score (nSPS) is 11.9. The number of guanidine groups is 1. The lowest BCUT2D eigenvalue weighted by molar-refractivity contribution is 0.629. The molecule has 1 heterocycles. The van der Waals surface area contributed by atoms with E-state index in [2.05, 4.69) is 26.9 Å². The van der Waals surface area contributed by atoms with Crippen LogP contribution in [-0.4, -0.2) is 43.1 Å². The molecular formula is C16H23FN4S. The Hall–Kier alpha value is -1.69. The lowest BCUT2D eigenvalue weighted by Gasteiger charge is -2.11. The lowest BCUT2D eigenvalue weighted by atomic mass is 10.1. The van der Waals surface area contributed by atoms with Crippen LogP contribution in [0.5, 0.6) is 0 Å². The van der Waals surface area contributed by atoms with E-state index in [0.717, 1.165) is 48.5 Å². The van der Waals surface area contributed by atoms with Crippen LogP contribution in [0.25, 0.3) is 10.9 Å². The zero-order valence-electron chi connectivity index (χ0n) is 13.1. The van der Waals surface area contributed by atoms with Crippen molar-refractivity contribution in [1.29, 1.82) is 0 Å². The number of aliphatic imine (C=N–C) groups is 1. The van der Waals surface area contributed by atoms with E-state index >= 15 is 0 Å². The molecule has 1 aromatic heterocycles. The maximum Gasteiger partial charge on any atom is 0.190 e. The van der Waals surface area contributed by atoms with Gasteiger partial charge >= 0.3 is 0 Å². The van der Waals surface area contributed by atoms with E-state index in [-0.39, 0.29) is 5.82 Å². The molecule has 0 bridgehead atoms. The van der Waals surface area contributed by atoms with Gasteiger partial charge in [0, 0.05) is 37.2 Å². The van der Waals surface area contributed by atoms with Gasteiger partial charge in [-0.2, -0.15) is 11.8 Å². The van der Waals surface area contributed by atoms with Crippen LogP contribution in [0.2, 0.25) is 0 Å². The van der Waals surface area contributed by atoms with E-state index in [1.54, 1.807) is 7.05 Å². The standard InChI is InChI=1S/C16H23FN4S/c1-18-16(19-7-3-9-22-2)20-8-6-12-11-21-15-10-13(17)4-5-14(12)15/h4-5,10-11,21H,3,6-9H2,1-2H3,(H2,18,19,20). The van der Waals surface area contributed by atoms with Crippen LogP contribution in [0.4, 0.5) is 4.39 Å². The van der Waals surface area contributed by atoms with Crippen LogP contribution < -0.4 is 10.6 Å². The maximum absolute atomic E-state index is 13.2. The predicted octanol–water partition coefficient (Wildman–Crippen LogP) is 2.77. The molecule has 2 rings (SSSR count). The maximum atomic E-state index is 13.2. The molecule has 120 valence electrons. The smallest absolute Gasteiger partial charge is 0.190 e. The number of H-pyrrole nitrogens is 1. The quantitative estimate of drug-likeness (QED) is 0.417. The monoisotopic (exact) mass is 322 g/mol. The summed E-state index contributed by atoms with van der Waals surface area (Å²) in [6.45, 7) is 1.71. The third-order valence-electron chi connectivity index (χ3n) is 3.46. The second kappa shape index (κ2) is 8.68. The molecule has 3 N–H and O–H groups in total. The van der Waals surface area contributed by atoms with Gasteiger partial charge in [0.15, 0.2) is 5.96 Å². The third-order valence-corrected chi connectivity index (χ3v) is 4.15. The minimum absolute atomic E-state index is 0.214. The van der Waals surface area contributed by atoms with Gasteiger partial charge in [-0.3, -0.25) is 4.99 Å². The summed E-state index contributed by atoms with van der Waals surface area (Å²) >= 11 is 1.85. The number of aromatic amines is 1. The van der Waals surface area contributed by atoms with Crippen molar-refractivity contribution >= 4 is 28.6 Å². The Morgan fingerprint density at radius 1 is 1.32 bits per heavy atom. The molecule has 4 nitrogen and oxygen atoms in total. The van der Waals surface area contributed by atoms with Gasteiger partial charge in [0.25, 0.3) is 0 Å². The van der Waals surface area contributed by atoms with E-state index in [1.807, 2.05) is 24.0 Å². The molecule has 6 heteroatoms. The number of aromatic nitrogens is 1. The molecule has 0 aliphatic heterocycles. The lowest BCUT2D eigenvalue weighted by Crippen LogP contribution is -2.38. The van der Waals surface area contributed by atoms with Crippen molar-refractivity contribution in [3.05, 3.63) is 35.8 Å². The Morgan fingerprint density at radius 3 is 2.91 bits per heavy atom. The van der Waals surface area contributed by atoms with Crippen LogP contribution in [0.15, 0.2) is 29.4 Å². The van der Waals surface area contributed by atoms with Crippen molar-refractivity contribution in [2.75, 3.05) is 32.1 Å². The van der Waals surface area contributed by atoms with Gasteiger partial charge in [0.1, 0.15) is 5.82 Å². The molecule has 0 amide bonds. The first kappa shape index (κ1) is 16.7. The van der Waals surface area contributed by atoms with Crippen LogP contribution in [0.1, 0.15) is 12.0 Å². The number of nitrogens with zero attached hydrogens (tertiary/aromatic N) is 1. The Labute approximate surface area is 135 Å². The first-order valence-corrected chi connectivity index (χ1v) is 8.83. The minimum atomic E-state index is -0.214. The average molecular weight is 322 g/mol. The molecule has 0 aliphatic rings. The molecule has 0 atom stereocenters. The summed E-state index contributed by atoms with van der Waals surface area (Å²) in [7, 11) is 1.78. The highest BCUT2D eigenvalue weighted by atomic mass is 32.2. The summed E-state index contributed by atoms with van der Waals surface area (Å²) in [5.74, 6) is 1.76. The van der Waals surface area contributed by atoms with Gasteiger partial charge in [0.05, 0.1) is 0 Å². The molecule has 0 radical (unpaired) electrons. The van der Waals surface area contributed by atoms with Crippen molar-refractivity contribution in [3.8, 4) is 0 Å². The van der Waals surface area contributed by atoms with Crippen molar-refractivity contribution in [3.63, 3.8) is 0 Å². The molecule has 0 saturated heterocycles. The molecule has 2 aromatic rings. The van der Waals surface area contributed by atoms with Crippen molar-refractivity contribution in [2.45, 2.75) is 12.8 Å². The number of nitrogens with one attached hydrogen (secondary N) is 3. The number of fused-ring (bicyclic) bond motifs is 1. The summed E-state index contributed by atoms with van der Waals surface area (Å²) in [5.41, 5.74) is 2.02. The average Bonchev–Trinajstić information content (AvgIpc) is 2.92. The predicted molar refractivity (Wildman–Crippen MR) is 94.3 cm³/mol. The number of benzene rings is 1. The molecular weight excluding hydrogens is 299 g/mol. The first-order valence-electron chi connectivity index (χ1n) is 7.43. The van der Waals surface area contributed by atoms with Gasteiger partial charge in [-0.1, -0.05) is 0 Å². The van der Waals surface area contributed by atoms with E-state index in [0.29, 0.717) is 0 Å². The molecule has 0 spiro atoms. The molecule has 1 aromatic carbocycles. The summed E-state index contributed by atoms with van der Waals surface area (Å²) in [6.07, 6.45) is 6.04. The number of hydrogen-bond donors (Lipinski definition) is 3. The number of rotatable bonds is 7. The van der Waals surface area contributed by atoms with Crippen LogP contribution >= 0.6 is 11.8 Å². The molecule has 0 unspecified atom stereocenters. The summed E-state index contributed by atoms with van der Waals surface area (Å²) in [6, 6.07) is 4.85. The Balaban J connectivity index is 1.81. The van der Waals surface area contributed by atoms with E-state index in [4.69, 9.17) is 0 Å². The van der Waals surface area contributed by atoms with Gasteiger partial charge < -0.3 is 15.6 Å². The second-order valence-corrected chi connectivity index (χ2v) is 6.01.